The lowest BCUT2D eigenvalue weighted by atomic mass is 9.96. The van der Waals surface area contributed by atoms with E-state index in [4.69, 9.17) is 0 Å². The molecule has 16 heavy (non-hydrogen) atoms. The standard InChI is InChI=1S/C12H14N2O2/c1-12(2)11(16)13-9(10(15)14-12)8-6-4-3-5-7-8/h3-7,9H,1-2H3,(H,13,16)(H,14,15). The molecule has 1 saturated heterocycles. The van der Waals surface area contributed by atoms with Crippen LogP contribution in [0.5, 0.6) is 0 Å². The first-order valence-electron chi connectivity index (χ1n) is 5.18. The van der Waals surface area contributed by atoms with E-state index in [2.05, 4.69) is 10.6 Å². The fourth-order valence-corrected chi connectivity index (χ4v) is 1.69. The van der Waals surface area contributed by atoms with E-state index in [9.17, 15) is 9.59 Å². The molecule has 1 unspecified atom stereocenters. The summed E-state index contributed by atoms with van der Waals surface area (Å²) in [5, 5.41) is 5.42. The van der Waals surface area contributed by atoms with Crippen molar-refractivity contribution in [2.45, 2.75) is 25.4 Å². The summed E-state index contributed by atoms with van der Waals surface area (Å²) in [4.78, 5) is 23.5. The fraction of sp³-hybridized carbons (Fsp3) is 0.333. The number of rotatable bonds is 1. The molecule has 1 fully saturated rings. The average Bonchev–Trinajstić information content (AvgIpc) is 2.24. The largest absolute Gasteiger partial charge is 0.340 e. The van der Waals surface area contributed by atoms with Gasteiger partial charge in [0.1, 0.15) is 11.6 Å². The van der Waals surface area contributed by atoms with Crippen LogP contribution in [0.1, 0.15) is 25.5 Å². The molecule has 2 amide bonds. The highest BCUT2D eigenvalue weighted by molar-refractivity contribution is 5.99. The van der Waals surface area contributed by atoms with Gasteiger partial charge in [0.2, 0.25) is 11.8 Å². The van der Waals surface area contributed by atoms with Crippen LogP contribution in [0.2, 0.25) is 0 Å². The van der Waals surface area contributed by atoms with E-state index in [1.807, 2.05) is 30.3 Å². The van der Waals surface area contributed by atoms with Crippen LogP contribution >= 0.6 is 0 Å². The van der Waals surface area contributed by atoms with Crippen molar-refractivity contribution in [3.63, 3.8) is 0 Å². The van der Waals surface area contributed by atoms with Crippen LogP contribution in [-0.2, 0) is 9.59 Å². The lowest BCUT2D eigenvalue weighted by Gasteiger charge is -2.34. The van der Waals surface area contributed by atoms with Gasteiger partial charge in [-0.15, -0.1) is 0 Å². The van der Waals surface area contributed by atoms with Crippen LogP contribution in [0.15, 0.2) is 30.3 Å². The molecule has 4 heteroatoms. The molecule has 0 aliphatic carbocycles. The molecular weight excluding hydrogens is 204 g/mol. The Labute approximate surface area is 94.0 Å². The van der Waals surface area contributed by atoms with Crippen LogP contribution in [-0.4, -0.2) is 17.4 Å². The van der Waals surface area contributed by atoms with Gasteiger partial charge < -0.3 is 10.6 Å². The molecule has 1 heterocycles. The second kappa shape index (κ2) is 3.63. The zero-order valence-electron chi connectivity index (χ0n) is 9.28. The van der Waals surface area contributed by atoms with Crippen LogP contribution < -0.4 is 10.6 Å². The first-order valence-corrected chi connectivity index (χ1v) is 5.18. The van der Waals surface area contributed by atoms with Gasteiger partial charge >= 0.3 is 0 Å². The van der Waals surface area contributed by atoms with Gasteiger partial charge in [-0.05, 0) is 19.4 Å². The number of hydrogen-bond acceptors (Lipinski definition) is 2. The molecule has 1 aliphatic rings. The summed E-state index contributed by atoms with van der Waals surface area (Å²) in [6.45, 7) is 3.36. The summed E-state index contributed by atoms with van der Waals surface area (Å²) < 4.78 is 0. The van der Waals surface area contributed by atoms with E-state index in [-0.39, 0.29) is 11.8 Å². The Bertz CT molecular complexity index is 426. The lowest BCUT2D eigenvalue weighted by Crippen LogP contribution is -2.63. The van der Waals surface area contributed by atoms with Crippen LogP contribution in [0, 0.1) is 0 Å². The highest BCUT2D eigenvalue weighted by Crippen LogP contribution is 2.19. The zero-order valence-corrected chi connectivity index (χ0v) is 9.28. The van der Waals surface area contributed by atoms with Gasteiger partial charge in [-0.2, -0.15) is 0 Å². The molecule has 0 radical (unpaired) electrons. The molecule has 1 aliphatic heterocycles. The van der Waals surface area contributed by atoms with E-state index in [0.717, 1.165) is 5.56 Å². The maximum atomic E-state index is 11.8. The molecule has 1 aromatic rings. The second-order valence-electron chi connectivity index (χ2n) is 4.43. The van der Waals surface area contributed by atoms with Crippen molar-refractivity contribution in [1.29, 1.82) is 0 Å². The third-order valence-corrected chi connectivity index (χ3v) is 2.67. The summed E-state index contributed by atoms with van der Waals surface area (Å²) in [6, 6.07) is 8.62. The molecule has 0 aromatic heterocycles. The molecule has 4 nitrogen and oxygen atoms in total. The quantitative estimate of drug-likeness (QED) is 0.731. The van der Waals surface area contributed by atoms with Gasteiger partial charge in [0.15, 0.2) is 0 Å². The number of carbonyl (C=O) groups excluding carboxylic acids is 2. The summed E-state index contributed by atoms with van der Waals surface area (Å²) in [6.07, 6.45) is 0. The molecule has 1 aromatic carbocycles. The van der Waals surface area contributed by atoms with Crippen molar-refractivity contribution >= 4 is 11.8 Å². The monoisotopic (exact) mass is 218 g/mol. The van der Waals surface area contributed by atoms with Crippen LogP contribution in [0.3, 0.4) is 0 Å². The molecule has 2 N–H and O–H groups in total. The van der Waals surface area contributed by atoms with Crippen molar-refractivity contribution in [2.75, 3.05) is 0 Å². The van der Waals surface area contributed by atoms with Gasteiger partial charge in [-0.25, -0.2) is 0 Å². The van der Waals surface area contributed by atoms with E-state index in [1.165, 1.54) is 0 Å². The predicted molar refractivity (Wildman–Crippen MR) is 59.5 cm³/mol. The van der Waals surface area contributed by atoms with Gasteiger partial charge in [-0.1, -0.05) is 30.3 Å². The molecule has 2 rings (SSSR count). The molecule has 0 saturated carbocycles. The molecule has 84 valence electrons. The highest BCUT2D eigenvalue weighted by Gasteiger charge is 2.39. The smallest absolute Gasteiger partial charge is 0.248 e. The van der Waals surface area contributed by atoms with Crippen molar-refractivity contribution in [3.8, 4) is 0 Å². The van der Waals surface area contributed by atoms with E-state index >= 15 is 0 Å². The number of piperazine rings is 1. The topological polar surface area (TPSA) is 58.2 Å². The maximum Gasteiger partial charge on any atom is 0.248 e. The van der Waals surface area contributed by atoms with E-state index in [1.54, 1.807) is 13.8 Å². The van der Waals surface area contributed by atoms with Gasteiger partial charge in [-0.3, -0.25) is 9.59 Å². The second-order valence-corrected chi connectivity index (χ2v) is 4.43. The normalized spacial score (nSPS) is 23.5. The minimum atomic E-state index is -0.831. The third kappa shape index (κ3) is 1.78. The van der Waals surface area contributed by atoms with Crippen molar-refractivity contribution in [3.05, 3.63) is 35.9 Å². The Morgan fingerprint density at radius 2 is 1.75 bits per heavy atom. The lowest BCUT2D eigenvalue weighted by molar-refractivity contribution is -0.140. The van der Waals surface area contributed by atoms with Crippen LogP contribution in [0.4, 0.5) is 0 Å². The number of carbonyl (C=O) groups is 2. The predicted octanol–water partition coefficient (Wildman–Crippen LogP) is 0.752. The Hall–Kier alpha value is -1.84. The minimum Gasteiger partial charge on any atom is -0.340 e. The average molecular weight is 218 g/mol. The maximum absolute atomic E-state index is 11.8. The molecule has 0 bridgehead atoms. The number of nitrogens with one attached hydrogen (secondary N) is 2. The summed E-state index contributed by atoms with van der Waals surface area (Å²) in [7, 11) is 0. The van der Waals surface area contributed by atoms with E-state index < -0.39 is 11.6 Å². The number of hydrogen-bond donors (Lipinski definition) is 2. The first kappa shape index (κ1) is 10.7. The Balaban J connectivity index is 2.26. The summed E-state index contributed by atoms with van der Waals surface area (Å²) >= 11 is 0. The zero-order chi connectivity index (χ0) is 11.8. The Kier molecular flexibility index (Phi) is 2.42. The third-order valence-electron chi connectivity index (χ3n) is 2.67. The Morgan fingerprint density at radius 3 is 2.38 bits per heavy atom. The van der Waals surface area contributed by atoms with Crippen molar-refractivity contribution in [2.24, 2.45) is 0 Å². The van der Waals surface area contributed by atoms with Gasteiger partial charge in [0.05, 0.1) is 0 Å². The summed E-state index contributed by atoms with van der Waals surface area (Å²) in [5.41, 5.74) is -0.0358. The van der Waals surface area contributed by atoms with Gasteiger partial charge in [0, 0.05) is 0 Å². The molecule has 1 atom stereocenters. The fourth-order valence-electron chi connectivity index (χ4n) is 1.69. The highest BCUT2D eigenvalue weighted by atomic mass is 16.2. The Morgan fingerprint density at radius 1 is 1.12 bits per heavy atom. The van der Waals surface area contributed by atoms with Crippen molar-refractivity contribution in [1.82, 2.24) is 10.6 Å². The molecule has 0 spiro atoms. The molecular formula is C12H14N2O2. The number of amides is 2. The summed E-state index contributed by atoms with van der Waals surface area (Å²) in [5.74, 6) is -0.336. The minimum absolute atomic E-state index is 0.166. The van der Waals surface area contributed by atoms with Crippen molar-refractivity contribution < 1.29 is 9.59 Å². The van der Waals surface area contributed by atoms with Crippen LogP contribution in [0.25, 0.3) is 0 Å². The first-order chi connectivity index (χ1) is 7.50. The SMILES string of the molecule is CC1(C)NC(=O)C(c2ccccc2)NC1=O. The number of benzene rings is 1. The van der Waals surface area contributed by atoms with E-state index in [0.29, 0.717) is 0 Å². The van der Waals surface area contributed by atoms with Gasteiger partial charge in [0.25, 0.3) is 0 Å².